The van der Waals surface area contributed by atoms with E-state index in [-0.39, 0.29) is 0 Å². The van der Waals surface area contributed by atoms with Crippen molar-refractivity contribution >= 4 is 17.3 Å². The number of ether oxygens (including phenoxy) is 1. The fourth-order valence-corrected chi connectivity index (χ4v) is 2.18. The number of methoxy groups -OCH3 is 1. The molecule has 0 heterocycles. The number of aliphatic hydroxyl groups excluding tert-OH is 1. The molecule has 2 aromatic rings. The maximum absolute atomic E-state index is 12.2. The van der Waals surface area contributed by atoms with Gasteiger partial charge in [0, 0.05) is 25.0 Å². The van der Waals surface area contributed by atoms with Gasteiger partial charge in [0.15, 0.2) is 6.10 Å². The minimum Gasteiger partial charge on any atom is -0.497 e. The summed E-state index contributed by atoms with van der Waals surface area (Å²) >= 11 is 0. The number of hydrogen-bond donors (Lipinski definition) is 2. The van der Waals surface area contributed by atoms with Crippen molar-refractivity contribution in [3.63, 3.8) is 0 Å². The lowest BCUT2D eigenvalue weighted by molar-refractivity contribution is -0.124. The van der Waals surface area contributed by atoms with Gasteiger partial charge in [-0.05, 0) is 42.8 Å². The average molecular weight is 314 g/mol. The highest BCUT2D eigenvalue weighted by Crippen LogP contribution is 2.22. The lowest BCUT2D eigenvalue weighted by Gasteiger charge is -2.18. The van der Waals surface area contributed by atoms with Gasteiger partial charge in [-0.25, -0.2) is 0 Å². The Morgan fingerprint density at radius 1 is 1.26 bits per heavy atom. The number of hydrogen-bond acceptors (Lipinski definition) is 4. The second-order valence-corrected chi connectivity index (χ2v) is 5.23. The molecule has 0 saturated carbocycles. The summed E-state index contributed by atoms with van der Waals surface area (Å²) in [6.07, 6.45) is -1.25. The van der Waals surface area contributed by atoms with Crippen LogP contribution in [0.2, 0.25) is 0 Å². The van der Waals surface area contributed by atoms with Crippen LogP contribution in [-0.2, 0) is 4.79 Å². The maximum atomic E-state index is 12.2. The number of anilines is 2. The van der Waals surface area contributed by atoms with Crippen molar-refractivity contribution in [3.8, 4) is 5.75 Å². The highest BCUT2D eigenvalue weighted by atomic mass is 16.5. The molecule has 2 aromatic carbocycles. The van der Waals surface area contributed by atoms with E-state index < -0.39 is 12.0 Å². The summed E-state index contributed by atoms with van der Waals surface area (Å²) in [6, 6.07) is 14.3. The van der Waals surface area contributed by atoms with Crippen LogP contribution in [0.1, 0.15) is 18.6 Å². The summed E-state index contributed by atoms with van der Waals surface area (Å²) in [7, 11) is 3.52. The molecule has 0 aromatic heterocycles. The zero-order valence-electron chi connectivity index (χ0n) is 13.6. The Hall–Kier alpha value is -2.53. The Balaban J connectivity index is 2.11. The number of carbonyl (C=O) groups is 1. The molecule has 0 fully saturated rings. The van der Waals surface area contributed by atoms with Crippen LogP contribution in [0.4, 0.5) is 11.4 Å². The summed E-state index contributed by atoms with van der Waals surface area (Å²) < 4.78 is 5.11. The summed E-state index contributed by atoms with van der Waals surface area (Å²) in [5, 5.41) is 13.0. The fraction of sp³-hybridized carbons (Fsp3) is 0.278. The second-order valence-electron chi connectivity index (χ2n) is 5.23. The maximum Gasteiger partial charge on any atom is 0.257 e. The van der Waals surface area contributed by atoms with E-state index in [1.807, 2.05) is 25.2 Å². The zero-order valence-corrected chi connectivity index (χ0v) is 13.6. The highest BCUT2D eigenvalue weighted by molar-refractivity contribution is 5.95. The normalized spacial score (nSPS) is 11.7. The van der Waals surface area contributed by atoms with E-state index in [0.717, 1.165) is 12.2 Å². The van der Waals surface area contributed by atoms with Crippen molar-refractivity contribution in [3.05, 3.63) is 54.1 Å². The molecule has 0 aliphatic carbocycles. The quantitative estimate of drug-likeness (QED) is 0.861. The fourth-order valence-electron chi connectivity index (χ4n) is 2.18. The van der Waals surface area contributed by atoms with E-state index in [4.69, 9.17) is 4.74 Å². The first-order valence-electron chi connectivity index (χ1n) is 7.49. The Morgan fingerprint density at radius 2 is 2.00 bits per heavy atom. The summed E-state index contributed by atoms with van der Waals surface area (Å²) in [6.45, 7) is 2.92. The van der Waals surface area contributed by atoms with Gasteiger partial charge < -0.3 is 20.1 Å². The molecule has 2 rings (SSSR count). The zero-order chi connectivity index (χ0) is 16.8. The van der Waals surface area contributed by atoms with Gasteiger partial charge in [0.25, 0.3) is 5.91 Å². The molecular formula is C18H22N2O3. The predicted molar refractivity (Wildman–Crippen MR) is 92.0 cm³/mol. The van der Waals surface area contributed by atoms with Gasteiger partial charge in [-0.1, -0.05) is 18.2 Å². The van der Waals surface area contributed by atoms with Gasteiger partial charge in [0.1, 0.15) is 5.75 Å². The van der Waals surface area contributed by atoms with Crippen molar-refractivity contribution in [1.29, 1.82) is 0 Å². The summed E-state index contributed by atoms with van der Waals surface area (Å²) in [5.41, 5.74) is 2.14. The number of benzene rings is 2. The van der Waals surface area contributed by atoms with E-state index in [1.165, 1.54) is 0 Å². The van der Waals surface area contributed by atoms with Crippen LogP contribution in [0.5, 0.6) is 5.75 Å². The van der Waals surface area contributed by atoms with Gasteiger partial charge in [0.05, 0.1) is 7.11 Å². The van der Waals surface area contributed by atoms with Gasteiger partial charge in [0.2, 0.25) is 0 Å². The van der Waals surface area contributed by atoms with Gasteiger partial charge in [-0.3, -0.25) is 4.79 Å². The van der Waals surface area contributed by atoms with Crippen molar-refractivity contribution < 1.29 is 14.6 Å². The number of amides is 1. The van der Waals surface area contributed by atoms with Crippen molar-refractivity contribution in [2.24, 2.45) is 0 Å². The topological polar surface area (TPSA) is 61.8 Å². The van der Waals surface area contributed by atoms with Crippen LogP contribution in [0.3, 0.4) is 0 Å². The molecule has 0 aliphatic rings. The van der Waals surface area contributed by atoms with Crippen molar-refractivity contribution in [2.75, 3.05) is 30.9 Å². The van der Waals surface area contributed by atoms with Crippen LogP contribution in [-0.4, -0.2) is 31.7 Å². The smallest absolute Gasteiger partial charge is 0.257 e. The molecule has 122 valence electrons. The lowest BCUT2D eigenvalue weighted by Crippen LogP contribution is -2.21. The van der Waals surface area contributed by atoms with Crippen LogP contribution < -0.4 is 15.0 Å². The SMILES string of the molecule is CCN(C)c1cccc(NC(=O)[C@H](O)c2cccc(OC)c2)c1. The van der Waals surface area contributed by atoms with E-state index in [9.17, 15) is 9.90 Å². The Labute approximate surface area is 136 Å². The number of nitrogens with one attached hydrogen (secondary N) is 1. The number of carbonyl (C=O) groups excluding carboxylic acids is 1. The monoisotopic (exact) mass is 314 g/mol. The summed E-state index contributed by atoms with van der Waals surface area (Å²) in [4.78, 5) is 14.3. The first kappa shape index (κ1) is 16.8. The molecule has 1 atom stereocenters. The van der Waals surface area contributed by atoms with Crippen molar-refractivity contribution in [2.45, 2.75) is 13.0 Å². The van der Waals surface area contributed by atoms with Crippen molar-refractivity contribution in [1.82, 2.24) is 0 Å². The van der Waals surface area contributed by atoms with E-state index in [0.29, 0.717) is 17.0 Å². The van der Waals surface area contributed by atoms with E-state index >= 15 is 0 Å². The van der Waals surface area contributed by atoms with E-state index in [2.05, 4.69) is 17.1 Å². The minimum absolute atomic E-state index is 0.477. The molecule has 23 heavy (non-hydrogen) atoms. The Kier molecular flexibility index (Phi) is 5.60. The molecule has 0 unspecified atom stereocenters. The molecule has 0 bridgehead atoms. The van der Waals surface area contributed by atoms with Crippen LogP contribution in [0, 0.1) is 0 Å². The highest BCUT2D eigenvalue weighted by Gasteiger charge is 2.18. The molecular weight excluding hydrogens is 292 g/mol. The average Bonchev–Trinajstić information content (AvgIpc) is 2.60. The minimum atomic E-state index is -1.25. The van der Waals surface area contributed by atoms with Crippen LogP contribution >= 0.6 is 0 Å². The second kappa shape index (κ2) is 7.65. The largest absolute Gasteiger partial charge is 0.497 e. The molecule has 5 heteroatoms. The molecule has 2 N–H and O–H groups in total. The number of aliphatic hydroxyl groups is 1. The molecule has 0 radical (unpaired) electrons. The van der Waals surface area contributed by atoms with E-state index in [1.54, 1.807) is 37.4 Å². The lowest BCUT2D eigenvalue weighted by atomic mass is 10.1. The molecule has 0 saturated heterocycles. The first-order chi connectivity index (χ1) is 11.0. The van der Waals surface area contributed by atoms with Gasteiger partial charge in [-0.15, -0.1) is 0 Å². The van der Waals surface area contributed by atoms with Crippen LogP contribution in [0.15, 0.2) is 48.5 Å². The number of rotatable bonds is 6. The third kappa shape index (κ3) is 4.23. The first-order valence-corrected chi connectivity index (χ1v) is 7.49. The molecule has 5 nitrogen and oxygen atoms in total. The third-order valence-corrected chi connectivity index (χ3v) is 3.69. The molecule has 1 amide bonds. The van der Waals surface area contributed by atoms with Crippen LogP contribution in [0.25, 0.3) is 0 Å². The molecule has 0 spiro atoms. The standard InChI is InChI=1S/C18H22N2O3/c1-4-20(2)15-9-6-8-14(12-15)19-18(22)17(21)13-7-5-10-16(11-13)23-3/h5-12,17,21H,4H2,1-3H3,(H,19,22)/t17-/m1/s1. The Morgan fingerprint density at radius 3 is 2.70 bits per heavy atom. The van der Waals surface area contributed by atoms with Gasteiger partial charge in [-0.2, -0.15) is 0 Å². The van der Waals surface area contributed by atoms with Gasteiger partial charge >= 0.3 is 0 Å². The third-order valence-electron chi connectivity index (χ3n) is 3.69. The predicted octanol–water partition coefficient (Wildman–Crippen LogP) is 2.82. The molecule has 0 aliphatic heterocycles. The Bertz CT molecular complexity index is 673. The summed E-state index contributed by atoms with van der Waals surface area (Å²) in [5.74, 6) is 0.121. The number of nitrogens with zero attached hydrogens (tertiary/aromatic N) is 1.